The number of fused-ring (bicyclic) bond motifs is 7. The Morgan fingerprint density at radius 3 is 2.26 bits per heavy atom. The number of amides is 1. The monoisotopic (exact) mass is 705 g/mol. The molecule has 7 aliphatic rings. The molecule has 50 heavy (non-hydrogen) atoms. The fraction of sp³-hybridized carbons (Fsp3) is 0.780. The molecule has 9 heteroatoms. The molecule has 6 fully saturated rings. The predicted octanol–water partition coefficient (Wildman–Crippen LogP) is 8.85. The van der Waals surface area contributed by atoms with E-state index in [0.717, 1.165) is 69.8 Å². The summed E-state index contributed by atoms with van der Waals surface area (Å²) >= 11 is 6.12. The van der Waals surface area contributed by atoms with E-state index in [1.165, 1.54) is 5.57 Å². The third-order valence-corrected chi connectivity index (χ3v) is 16.6. The van der Waals surface area contributed by atoms with Crippen LogP contribution in [0.4, 0.5) is 4.79 Å². The standard InChI is InChI=1S/C41H56ClN3O5/c1-23(2)32-27(47)19-40(31-22-45(35(48)50-31)41(17-18-41)34-43-20-25(42)21-44-34)16-15-38(7)26(33(32)40)9-10-29-37(6)13-12-30(49-24(3)46)36(4,5)28(37)11-14-39(29,38)8/h20-21,23,26,28-31H,9-19,22H2,1-8H3/t26-,28+,29?,30+,31?,37+,38-,39-,40+/m1/s1. The molecule has 0 radical (unpaired) electrons. The molecule has 9 atom stereocenters. The summed E-state index contributed by atoms with van der Waals surface area (Å²) in [4.78, 5) is 51.1. The molecule has 0 N–H and O–H groups in total. The van der Waals surface area contributed by atoms with E-state index in [-0.39, 0.29) is 63.5 Å². The molecule has 0 bridgehead atoms. The normalized spacial score (nSPS) is 42.8. The van der Waals surface area contributed by atoms with Gasteiger partial charge in [-0.05, 0) is 115 Å². The van der Waals surface area contributed by atoms with Gasteiger partial charge >= 0.3 is 12.1 Å². The van der Waals surface area contributed by atoms with Gasteiger partial charge in [-0.2, -0.15) is 0 Å². The minimum atomic E-state index is -0.564. The summed E-state index contributed by atoms with van der Waals surface area (Å²) in [5.41, 5.74) is 1.50. The molecule has 1 aromatic heterocycles. The van der Waals surface area contributed by atoms with E-state index in [2.05, 4.69) is 58.4 Å². The van der Waals surface area contributed by atoms with E-state index in [4.69, 9.17) is 21.1 Å². The van der Waals surface area contributed by atoms with E-state index in [1.54, 1.807) is 19.3 Å². The Hall–Kier alpha value is -2.48. The number of aromatic nitrogens is 2. The minimum absolute atomic E-state index is 0.0154. The molecule has 1 aromatic rings. The molecule has 1 aliphatic heterocycles. The first kappa shape index (κ1) is 34.6. The number of hydrogen-bond acceptors (Lipinski definition) is 7. The summed E-state index contributed by atoms with van der Waals surface area (Å²) in [5.74, 6) is 2.12. The van der Waals surface area contributed by atoms with Gasteiger partial charge in [0.1, 0.15) is 17.7 Å². The van der Waals surface area contributed by atoms with Crippen LogP contribution in [-0.4, -0.2) is 51.5 Å². The van der Waals surface area contributed by atoms with Crippen LogP contribution in [0.1, 0.15) is 132 Å². The van der Waals surface area contributed by atoms with E-state index >= 15 is 0 Å². The summed E-state index contributed by atoms with van der Waals surface area (Å²) in [5, 5.41) is 0.473. The molecular weight excluding hydrogens is 650 g/mol. The van der Waals surface area contributed by atoms with Crippen LogP contribution in [0.2, 0.25) is 5.02 Å². The molecule has 2 heterocycles. The smallest absolute Gasteiger partial charge is 0.411 e. The summed E-state index contributed by atoms with van der Waals surface area (Å²) in [6, 6.07) is 0. The second-order valence-electron chi connectivity index (χ2n) is 19.1. The lowest BCUT2D eigenvalue weighted by Gasteiger charge is -2.72. The van der Waals surface area contributed by atoms with E-state index in [9.17, 15) is 14.4 Å². The second-order valence-corrected chi connectivity index (χ2v) is 19.5. The number of hydrogen-bond donors (Lipinski definition) is 0. The number of carbonyl (C=O) groups excluding carboxylic acids is 3. The average Bonchev–Trinajstić information content (AvgIpc) is 3.64. The number of allylic oxidation sites excluding steroid dienone is 1. The van der Waals surface area contributed by atoms with Crippen molar-refractivity contribution in [1.29, 1.82) is 0 Å². The lowest BCUT2D eigenvalue weighted by Crippen LogP contribution is -2.66. The van der Waals surface area contributed by atoms with Crippen molar-refractivity contribution in [2.24, 2.45) is 50.7 Å². The number of halogens is 1. The third-order valence-electron chi connectivity index (χ3n) is 16.4. The largest absolute Gasteiger partial charge is 0.462 e. The van der Waals surface area contributed by atoms with Crippen molar-refractivity contribution in [2.75, 3.05) is 6.54 Å². The first-order valence-electron chi connectivity index (χ1n) is 19.4. The van der Waals surface area contributed by atoms with Crippen molar-refractivity contribution in [1.82, 2.24) is 14.9 Å². The van der Waals surface area contributed by atoms with Crippen LogP contribution >= 0.6 is 11.6 Å². The van der Waals surface area contributed by atoms with Crippen molar-refractivity contribution < 1.29 is 23.9 Å². The maximum absolute atomic E-state index is 14.2. The SMILES string of the molecule is CC(=O)O[C@H]1CC[C@]2(C)C3CC[C@@H]4C5=C(C(C)C)C(=O)C[C@]5(C5CN(C6(c7ncc(Cl)cn7)CC6)C(=O)O5)CC[C@@]4(C)[C@]3(C)CC[C@H]2C1(C)C. The summed E-state index contributed by atoms with van der Waals surface area (Å²) in [7, 11) is 0. The number of carbonyl (C=O) groups is 3. The fourth-order valence-electron chi connectivity index (χ4n) is 13.8. The molecular formula is C41H56ClN3O5. The molecule has 1 amide bonds. The highest BCUT2D eigenvalue weighted by molar-refractivity contribution is 6.30. The van der Waals surface area contributed by atoms with Crippen LogP contribution in [0, 0.1) is 50.7 Å². The van der Waals surface area contributed by atoms with Crippen LogP contribution in [-0.2, 0) is 24.6 Å². The number of ketones is 1. The highest BCUT2D eigenvalue weighted by Crippen LogP contribution is 2.77. The lowest BCUT2D eigenvalue weighted by molar-refractivity contribution is -0.234. The van der Waals surface area contributed by atoms with Crippen LogP contribution in [0.25, 0.3) is 0 Å². The Labute approximate surface area is 302 Å². The maximum Gasteiger partial charge on any atom is 0.411 e. The Balaban J connectivity index is 1.14. The zero-order valence-corrected chi connectivity index (χ0v) is 32.1. The topological polar surface area (TPSA) is 98.7 Å². The first-order chi connectivity index (χ1) is 23.4. The van der Waals surface area contributed by atoms with Gasteiger partial charge in [-0.25, -0.2) is 14.8 Å². The molecule has 8 rings (SSSR count). The van der Waals surface area contributed by atoms with Crippen LogP contribution in [0.3, 0.4) is 0 Å². The highest BCUT2D eigenvalue weighted by atomic mass is 35.5. The van der Waals surface area contributed by atoms with Crippen molar-refractivity contribution in [3.8, 4) is 0 Å². The highest BCUT2D eigenvalue weighted by Gasteiger charge is 2.72. The number of Topliss-reactive ketones (excluding diaryl/α,β-unsaturated/α-hetero) is 1. The van der Waals surface area contributed by atoms with E-state index in [1.807, 2.05) is 4.90 Å². The maximum atomic E-state index is 14.2. The van der Waals surface area contributed by atoms with Crippen LogP contribution < -0.4 is 0 Å². The van der Waals surface area contributed by atoms with Gasteiger partial charge in [-0.1, -0.05) is 60.1 Å². The Morgan fingerprint density at radius 1 is 0.920 bits per heavy atom. The fourth-order valence-corrected chi connectivity index (χ4v) is 13.9. The zero-order valence-electron chi connectivity index (χ0n) is 31.4. The Bertz CT molecular complexity index is 1670. The van der Waals surface area contributed by atoms with Crippen molar-refractivity contribution in [3.05, 3.63) is 34.4 Å². The molecule has 2 unspecified atom stereocenters. The number of nitrogens with zero attached hydrogens (tertiary/aromatic N) is 3. The first-order valence-corrected chi connectivity index (χ1v) is 19.7. The molecule has 8 nitrogen and oxygen atoms in total. The van der Waals surface area contributed by atoms with Gasteiger partial charge in [-0.3, -0.25) is 14.5 Å². The quantitative estimate of drug-likeness (QED) is 0.282. The van der Waals surface area contributed by atoms with Crippen LogP contribution in [0.15, 0.2) is 23.5 Å². The Kier molecular flexibility index (Phi) is 7.63. The van der Waals surface area contributed by atoms with Gasteiger partial charge in [0, 0.05) is 36.6 Å². The van der Waals surface area contributed by atoms with E-state index in [0.29, 0.717) is 35.6 Å². The zero-order chi connectivity index (χ0) is 35.8. The number of cyclic esters (lactones) is 1. The number of rotatable bonds is 5. The van der Waals surface area contributed by atoms with Crippen molar-refractivity contribution in [2.45, 2.75) is 144 Å². The summed E-state index contributed by atoms with van der Waals surface area (Å²) < 4.78 is 12.4. The second kappa shape index (κ2) is 11.0. The summed E-state index contributed by atoms with van der Waals surface area (Å²) in [6.07, 6.45) is 12.8. The van der Waals surface area contributed by atoms with Gasteiger partial charge in [0.15, 0.2) is 11.6 Å². The number of esters is 1. The molecule has 5 saturated carbocycles. The van der Waals surface area contributed by atoms with Gasteiger partial charge < -0.3 is 9.47 Å². The van der Waals surface area contributed by atoms with Crippen LogP contribution in [0.5, 0.6) is 0 Å². The molecule has 0 aromatic carbocycles. The third kappa shape index (κ3) is 4.44. The van der Waals surface area contributed by atoms with Gasteiger partial charge in [-0.15, -0.1) is 0 Å². The lowest BCUT2D eigenvalue weighted by atomic mass is 9.33. The van der Waals surface area contributed by atoms with Gasteiger partial charge in [0.05, 0.1) is 11.6 Å². The average molecular weight is 706 g/mol. The Morgan fingerprint density at radius 2 is 1.62 bits per heavy atom. The van der Waals surface area contributed by atoms with Gasteiger partial charge in [0.2, 0.25) is 0 Å². The molecule has 0 spiro atoms. The molecule has 272 valence electrons. The summed E-state index contributed by atoms with van der Waals surface area (Å²) in [6.45, 7) is 18.7. The van der Waals surface area contributed by atoms with Gasteiger partial charge in [0.25, 0.3) is 0 Å². The molecule has 1 saturated heterocycles. The predicted molar refractivity (Wildman–Crippen MR) is 190 cm³/mol. The minimum Gasteiger partial charge on any atom is -0.462 e. The van der Waals surface area contributed by atoms with Crippen molar-refractivity contribution >= 4 is 29.4 Å². The number of ether oxygens (including phenoxy) is 2. The van der Waals surface area contributed by atoms with E-state index < -0.39 is 11.0 Å². The van der Waals surface area contributed by atoms with Crippen molar-refractivity contribution in [3.63, 3.8) is 0 Å². The molecule has 6 aliphatic carbocycles.